The number of alkyl halides is 2. The normalized spacial score (nSPS) is 16.9. The van der Waals surface area contributed by atoms with E-state index in [9.17, 15) is 13.6 Å². The molecule has 1 amide bonds. The molecular weight excluding hydrogens is 258 g/mol. The van der Waals surface area contributed by atoms with Crippen LogP contribution in [0.25, 0.3) is 0 Å². The molecule has 0 unspecified atom stereocenters. The zero-order valence-corrected chi connectivity index (χ0v) is 10.6. The summed E-state index contributed by atoms with van der Waals surface area (Å²) in [4.78, 5) is 18.8. The lowest BCUT2D eigenvalue weighted by Crippen LogP contribution is -2.48. The van der Waals surface area contributed by atoms with Gasteiger partial charge in [0, 0.05) is 38.6 Å². The summed E-state index contributed by atoms with van der Waals surface area (Å²) in [6, 6.07) is 0. The number of halogens is 2. The maximum atomic E-state index is 12.7. The van der Waals surface area contributed by atoms with Crippen LogP contribution in [0.15, 0.2) is 12.4 Å². The molecule has 8 heteroatoms. The number of carbonyl (C=O) groups excluding carboxylic acids is 1. The molecule has 0 N–H and O–H groups in total. The molecule has 2 heterocycles. The average molecular weight is 274 g/mol. The van der Waals surface area contributed by atoms with Crippen molar-refractivity contribution < 1.29 is 18.3 Å². The molecule has 1 saturated heterocycles. The molecule has 1 fully saturated rings. The van der Waals surface area contributed by atoms with Crippen LogP contribution in [-0.4, -0.2) is 58.7 Å². The number of carbonyl (C=O) groups is 1. The van der Waals surface area contributed by atoms with Gasteiger partial charge in [0.05, 0.1) is 13.7 Å². The summed E-state index contributed by atoms with van der Waals surface area (Å²) in [6.45, 7) is 0.0706. The smallest absolute Gasteiger partial charge is 0.409 e. The summed E-state index contributed by atoms with van der Waals surface area (Å²) in [7, 11) is 1.34. The van der Waals surface area contributed by atoms with Crippen LogP contribution in [0.2, 0.25) is 0 Å². The van der Waals surface area contributed by atoms with E-state index in [1.807, 2.05) is 4.90 Å². The fourth-order valence-corrected chi connectivity index (χ4v) is 2.06. The molecule has 1 aromatic heterocycles. The Morgan fingerprint density at radius 3 is 2.68 bits per heavy atom. The van der Waals surface area contributed by atoms with Crippen LogP contribution in [-0.2, 0) is 11.3 Å². The molecule has 6 nitrogen and oxygen atoms in total. The molecule has 106 valence electrons. The highest BCUT2D eigenvalue weighted by Crippen LogP contribution is 2.15. The highest BCUT2D eigenvalue weighted by Gasteiger charge is 2.23. The van der Waals surface area contributed by atoms with Gasteiger partial charge in [0.1, 0.15) is 5.82 Å². The molecule has 0 saturated carbocycles. The van der Waals surface area contributed by atoms with Crippen molar-refractivity contribution >= 4 is 6.09 Å². The third-order valence-electron chi connectivity index (χ3n) is 3.13. The molecule has 0 radical (unpaired) electrons. The van der Waals surface area contributed by atoms with Gasteiger partial charge in [0.15, 0.2) is 0 Å². The lowest BCUT2D eigenvalue weighted by Gasteiger charge is -2.33. The number of hydrogen-bond acceptors (Lipinski definition) is 4. The number of hydrogen-bond donors (Lipinski definition) is 0. The van der Waals surface area contributed by atoms with Crippen LogP contribution in [0.5, 0.6) is 0 Å². The molecule has 0 aromatic carbocycles. The van der Waals surface area contributed by atoms with Crippen molar-refractivity contribution in [2.75, 3.05) is 33.3 Å². The van der Waals surface area contributed by atoms with E-state index in [1.54, 1.807) is 4.90 Å². The van der Waals surface area contributed by atoms with Gasteiger partial charge >= 0.3 is 12.6 Å². The van der Waals surface area contributed by atoms with E-state index in [1.165, 1.54) is 19.5 Å². The SMILES string of the molecule is COC(=O)N1CCN(Cc2nccn2C(F)F)CC1. The van der Waals surface area contributed by atoms with Crippen molar-refractivity contribution in [3.05, 3.63) is 18.2 Å². The first-order valence-electron chi connectivity index (χ1n) is 5.97. The zero-order chi connectivity index (χ0) is 13.8. The molecule has 1 aliphatic heterocycles. The monoisotopic (exact) mass is 274 g/mol. The van der Waals surface area contributed by atoms with Gasteiger partial charge in [0.25, 0.3) is 0 Å². The topological polar surface area (TPSA) is 50.6 Å². The van der Waals surface area contributed by atoms with Gasteiger partial charge in [-0.15, -0.1) is 0 Å². The largest absolute Gasteiger partial charge is 0.453 e. The van der Waals surface area contributed by atoms with Crippen LogP contribution in [0.1, 0.15) is 12.4 Å². The molecule has 19 heavy (non-hydrogen) atoms. The predicted octanol–water partition coefficient (Wildman–Crippen LogP) is 1.16. The number of nitrogens with zero attached hydrogens (tertiary/aromatic N) is 4. The van der Waals surface area contributed by atoms with Crippen molar-refractivity contribution in [2.45, 2.75) is 13.1 Å². The number of rotatable bonds is 3. The Morgan fingerprint density at radius 1 is 1.42 bits per heavy atom. The van der Waals surface area contributed by atoms with E-state index >= 15 is 0 Å². The molecule has 0 aliphatic carbocycles. The number of imidazole rings is 1. The highest BCUT2D eigenvalue weighted by molar-refractivity contribution is 5.67. The fraction of sp³-hybridized carbons (Fsp3) is 0.636. The molecule has 2 rings (SSSR count). The van der Waals surface area contributed by atoms with Gasteiger partial charge in [-0.1, -0.05) is 0 Å². The second-order valence-corrected chi connectivity index (χ2v) is 4.26. The minimum absolute atomic E-state index is 0.335. The first-order valence-corrected chi connectivity index (χ1v) is 5.97. The number of ether oxygens (including phenoxy) is 1. The van der Waals surface area contributed by atoms with Crippen LogP contribution < -0.4 is 0 Å². The van der Waals surface area contributed by atoms with E-state index in [-0.39, 0.29) is 6.09 Å². The van der Waals surface area contributed by atoms with Crippen molar-refractivity contribution in [1.82, 2.24) is 19.4 Å². The maximum Gasteiger partial charge on any atom is 0.409 e. The summed E-state index contributed by atoms with van der Waals surface area (Å²) < 4.78 is 30.8. The quantitative estimate of drug-likeness (QED) is 0.830. The van der Waals surface area contributed by atoms with E-state index in [0.717, 1.165) is 4.57 Å². The molecule has 1 aromatic rings. The third kappa shape index (κ3) is 3.19. The second-order valence-electron chi connectivity index (χ2n) is 4.26. The Bertz CT molecular complexity index is 430. The Hall–Kier alpha value is -1.70. The van der Waals surface area contributed by atoms with E-state index in [0.29, 0.717) is 38.5 Å². The molecular formula is C11H16F2N4O2. The standard InChI is InChI=1S/C11H16F2N4O2/c1-19-11(18)16-6-4-15(5-7-16)8-9-14-2-3-17(9)10(12)13/h2-3,10H,4-8H2,1H3. The summed E-state index contributed by atoms with van der Waals surface area (Å²) in [5.74, 6) is 0.335. The second kappa shape index (κ2) is 5.96. The van der Waals surface area contributed by atoms with Gasteiger partial charge < -0.3 is 9.64 Å². The Morgan fingerprint density at radius 2 is 2.11 bits per heavy atom. The highest BCUT2D eigenvalue weighted by atomic mass is 19.3. The van der Waals surface area contributed by atoms with Gasteiger partial charge in [-0.05, 0) is 0 Å². The Kier molecular flexibility index (Phi) is 4.31. The zero-order valence-electron chi connectivity index (χ0n) is 10.6. The Labute approximate surface area is 109 Å². The van der Waals surface area contributed by atoms with Crippen LogP contribution in [0, 0.1) is 0 Å². The Balaban J connectivity index is 1.89. The van der Waals surface area contributed by atoms with Gasteiger partial charge in [-0.2, -0.15) is 8.78 Å². The first-order chi connectivity index (χ1) is 9.11. The molecule has 1 aliphatic rings. The summed E-state index contributed by atoms with van der Waals surface area (Å²) in [5.41, 5.74) is 0. The molecule has 0 bridgehead atoms. The maximum absolute atomic E-state index is 12.7. The number of piperazine rings is 1. The lowest BCUT2D eigenvalue weighted by molar-refractivity contribution is 0.0596. The summed E-state index contributed by atoms with van der Waals surface area (Å²) in [5, 5.41) is 0. The van der Waals surface area contributed by atoms with E-state index in [2.05, 4.69) is 9.72 Å². The van der Waals surface area contributed by atoms with Crippen molar-refractivity contribution in [3.8, 4) is 0 Å². The first kappa shape index (κ1) is 13.7. The van der Waals surface area contributed by atoms with Crippen LogP contribution >= 0.6 is 0 Å². The lowest BCUT2D eigenvalue weighted by atomic mass is 10.3. The van der Waals surface area contributed by atoms with E-state index in [4.69, 9.17) is 0 Å². The third-order valence-corrected chi connectivity index (χ3v) is 3.13. The number of methoxy groups -OCH3 is 1. The summed E-state index contributed by atoms with van der Waals surface area (Å²) >= 11 is 0. The number of amides is 1. The summed E-state index contributed by atoms with van der Waals surface area (Å²) in [6.07, 6.45) is 2.28. The van der Waals surface area contributed by atoms with Crippen molar-refractivity contribution in [1.29, 1.82) is 0 Å². The van der Waals surface area contributed by atoms with E-state index < -0.39 is 6.55 Å². The van der Waals surface area contributed by atoms with Crippen molar-refractivity contribution in [3.63, 3.8) is 0 Å². The van der Waals surface area contributed by atoms with Gasteiger partial charge in [-0.3, -0.25) is 9.47 Å². The van der Waals surface area contributed by atoms with Gasteiger partial charge in [0.2, 0.25) is 0 Å². The van der Waals surface area contributed by atoms with Crippen LogP contribution in [0.4, 0.5) is 13.6 Å². The minimum atomic E-state index is -2.58. The fourth-order valence-electron chi connectivity index (χ4n) is 2.06. The average Bonchev–Trinajstić information content (AvgIpc) is 2.87. The predicted molar refractivity (Wildman–Crippen MR) is 62.7 cm³/mol. The van der Waals surface area contributed by atoms with Crippen molar-refractivity contribution in [2.24, 2.45) is 0 Å². The van der Waals surface area contributed by atoms with Gasteiger partial charge in [-0.25, -0.2) is 9.78 Å². The minimum Gasteiger partial charge on any atom is -0.453 e. The molecule has 0 spiro atoms. The van der Waals surface area contributed by atoms with Crippen LogP contribution in [0.3, 0.4) is 0 Å². The molecule has 0 atom stereocenters. The number of aromatic nitrogens is 2.